The van der Waals surface area contributed by atoms with Crippen LogP contribution in [0.3, 0.4) is 0 Å². The molecular formula is C30H37NO6. The van der Waals surface area contributed by atoms with Gasteiger partial charge < -0.3 is 19.8 Å². The van der Waals surface area contributed by atoms with Crippen LogP contribution in [0.2, 0.25) is 0 Å². The molecule has 0 radical (unpaired) electrons. The third kappa shape index (κ3) is 4.16. The number of benzene rings is 1. The van der Waals surface area contributed by atoms with Crippen LogP contribution in [0.25, 0.3) is 0 Å². The topological polar surface area (TPSA) is 105 Å². The number of ketones is 2. The van der Waals surface area contributed by atoms with Crippen LogP contribution in [-0.4, -0.2) is 52.9 Å². The van der Waals surface area contributed by atoms with E-state index in [0.717, 1.165) is 24.3 Å². The van der Waals surface area contributed by atoms with Gasteiger partial charge in [0, 0.05) is 23.2 Å². The molecule has 1 aromatic rings. The molecule has 37 heavy (non-hydrogen) atoms. The lowest BCUT2D eigenvalue weighted by atomic mass is 9.46. The molecule has 2 N–H and O–H groups in total. The second-order valence-corrected chi connectivity index (χ2v) is 11.6. The maximum Gasteiger partial charge on any atom is 0.190 e. The smallest absolute Gasteiger partial charge is 0.190 e. The van der Waals surface area contributed by atoms with Gasteiger partial charge in [0.15, 0.2) is 12.4 Å². The number of Topliss-reactive ketones (excluding diaryl/α,β-unsaturated/α-hetero) is 2. The number of ether oxygens (including phenoxy) is 1. The zero-order valence-corrected chi connectivity index (χ0v) is 21.9. The molecule has 0 unspecified atom stereocenters. The molecule has 3 saturated carbocycles. The van der Waals surface area contributed by atoms with E-state index in [0.29, 0.717) is 26.1 Å². The largest absolute Gasteiger partial charge is 0.490 e. The van der Waals surface area contributed by atoms with Crippen LogP contribution in [0.5, 0.6) is 5.75 Å². The molecule has 1 aromatic carbocycles. The Hall–Kier alpha value is -2.77. The number of rotatable bonds is 7. The van der Waals surface area contributed by atoms with E-state index in [1.54, 1.807) is 0 Å². The molecule has 6 atom stereocenters. The van der Waals surface area contributed by atoms with Crippen LogP contribution < -0.4 is 4.74 Å². The number of aliphatic hydroxyl groups excluding tert-OH is 1. The number of hydrogen-bond acceptors (Lipinski definition) is 7. The van der Waals surface area contributed by atoms with Crippen LogP contribution in [-0.2, 0) is 14.4 Å². The van der Waals surface area contributed by atoms with Crippen molar-refractivity contribution < 1.29 is 29.4 Å². The van der Waals surface area contributed by atoms with Gasteiger partial charge in [0.05, 0.1) is 0 Å². The van der Waals surface area contributed by atoms with E-state index in [-0.39, 0.29) is 30.0 Å². The average molecular weight is 508 g/mol. The summed E-state index contributed by atoms with van der Waals surface area (Å²) in [5, 5.41) is 25.1. The van der Waals surface area contributed by atoms with E-state index in [9.17, 15) is 19.8 Å². The van der Waals surface area contributed by atoms with Crippen LogP contribution in [0.15, 0.2) is 53.2 Å². The molecule has 0 bridgehead atoms. The van der Waals surface area contributed by atoms with Gasteiger partial charge in [-0.2, -0.15) is 0 Å². The van der Waals surface area contributed by atoms with Crippen molar-refractivity contribution in [1.82, 2.24) is 0 Å². The quantitative estimate of drug-likeness (QED) is 0.428. The van der Waals surface area contributed by atoms with Crippen molar-refractivity contribution in [2.45, 2.75) is 58.5 Å². The molecule has 0 aliphatic heterocycles. The molecule has 198 valence electrons. The Bertz CT molecular complexity index is 1170. The fraction of sp³-hybridized carbons (Fsp3) is 0.567. The standard InChI is InChI=1S/C30H37NO6/c1-19-4-7-22(8-5-19)36-14-15-37-31-21-10-12-28(2)20(16-21)6-9-23-24-11-13-30(35,26(34)18-32)29(24,3)17-25(33)27(23)28/h4-5,7-8,10,12,16,23-24,27,32,35H,6,9,11,13-15,17-18H2,1-3H3/b31-21-/t23-,24-,27+,28-,29-,30-/m0/s1. The number of nitrogens with zero attached hydrogens (tertiary/aromatic N) is 1. The van der Waals surface area contributed by atoms with Crippen LogP contribution >= 0.6 is 0 Å². The highest BCUT2D eigenvalue weighted by Crippen LogP contribution is 2.66. The normalized spacial score (nSPS) is 37.4. The maximum atomic E-state index is 13.7. The van der Waals surface area contributed by atoms with Gasteiger partial charge in [0.1, 0.15) is 36.1 Å². The molecule has 4 aliphatic carbocycles. The minimum Gasteiger partial charge on any atom is -0.490 e. The number of aryl methyl sites for hydroxylation is 1. The number of fused-ring (bicyclic) bond motifs is 5. The van der Waals surface area contributed by atoms with Crippen LogP contribution in [0.4, 0.5) is 0 Å². The van der Waals surface area contributed by atoms with Gasteiger partial charge in [-0.25, -0.2) is 0 Å². The Morgan fingerprint density at radius 2 is 1.92 bits per heavy atom. The summed E-state index contributed by atoms with van der Waals surface area (Å²) < 4.78 is 5.68. The summed E-state index contributed by atoms with van der Waals surface area (Å²) in [6, 6.07) is 7.86. The predicted molar refractivity (Wildman–Crippen MR) is 139 cm³/mol. The summed E-state index contributed by atoms with van der Waals surface area (Å²) in [6.07, 6.45) is 8.86. The molecule has 3 fully saturated rings. The van der Waals surface area contributed by atoms with Crippen LogP contribution in [0, 0.1) is 35.5 Å². The lowest BCUT2D eigenvalue weighted by molar-refractivity contribution is -0.168. The zero-order chi connectivity index (χ0) is 26.4. The highest BCUT2D eigenvalue weighted by Gasteiger charge is 2.68. The van der Waals surface area contributed by atoms with E-state index >= 15 is 0 Å². The molecule has 0 aromatic heterocycles. The summed E-state index contributed by atoms with van der Waals surface area (Å²) in [7, 11) is 0. The minimum absolute atomic E-state index is 0.0643. The van der Waals surface area contributed by atoms with Gasteiger partial charge in [0.25, 0.3) is 0 Å². The minimum atomic E-state index is -1.63. The van der Waals surface area contributed by atoms with Crippen molar-refractivity contribution in [2.75, 3.05) is 19.8 Å². The molecular weight excluding hydrogens is 470 g/mol. The maximum absolute atomic E-state index is 13.7. The van der Waals surface area contributed by atoms with E-state index in [1.807, 2.05) is 50.3 Å². The zero-order valence-electron chi connectivity index (χ0n) is 21.9. The molecule has 0 spiro atoms. The van der Waals surface area contributed by atoms with Crippen molar-refractivity contribution >= 4 is 17.3 Å². The Labute approximate surface area is 218 Å². The number of oxime groups is 1. The SMILES string of the molecule is Cc1ccc(OCCO/N=C2/C=C[C@@]3(C)C(=C2)CC[C@@H]2[C@@H]3C(=O)C[C@@]3(C)[C@H]2CC[C@]3(O)C(=O)CO)cc1. The fourth-order valence-corrected chi connectivity index (χ4v) is 7.64. The van der Waals surface area contributed by atoms with E-state index < -0.39 is 28.8 Å². The van der Waals surface area contributed by atoms with E-state index in [2.05, 4.69) is 18.2 Å². The van der Waals surface area contributed by atoms with Crippen molar-refractivity contribution in [3.63, 3.8) is 0 Å². The Morgan fingerprint density at radius 1 is 1.16 bits per heavy atom. The Balaban J connectivity index is 1.27. The lowest BCUT2D eigenvalue weighted by Crippen LogP contribution is -2.60. The van der Waals surface area contributed by atoms with Gasteiger partial charge in [-0.15, -0.1) is 0 Å². The monoisotopic (exact) mass is 507 g/mol. The highest BCUT2D eigenvalue weighted by atomic mass is 16.6. The first-order valence-corrected chi connectivity index (χ1v) is 13.3. The summed E-state index contributed by atoms with van der Waals surface area (Å²) in [5.74, 6) is 0.288. The van der Waals surface area contributed by atoms with Crippen LogP contribution in [0.1, 0.15) is 51.5 Å². The number of allylic oxidation sites excluding steroid dienone is 4. The summed E-state index contributed by atoms with van der Waals surface area (Å²) in [6.45, 7) is 6.05. The number of carbonyl (C=O) groups is 2. The Kier molecular flexibility index (Phi) is 6.65. The third-order valence-electron chi connectivity index (χ3n) is 9.66. The number of aliphatic hydroxyl groups is 2. The Morgan fingerprint density at radius 3 is 2.65 bits per heavy atom. The van der Waals surface area contributed by atoms with Crippen molar-refractivity contribution in [3.05, 3.63) is 53.6 Å². The van der Waals surface area contributed by atoms with Gasteiger partial charge in [0.2, 0.25) is 0 Å². The first kappa shape index (κ1) is 25.9. The van der Waals surface area contributed by atoms with Crippen molar-refractivity contribution in [1.29, 1.82) is 0 Å². The van der Waals surface area contributed by atoms with Gasteiger partial charge in [-0.3, -0.25) is 9.59 Å². The molecule has 0 heterocycles. The summed E-state index contributed by atoms with van der Waals surface area (Å²) >= 11 is 0. The molecule has 5 rings (SSSR count). The van der Waals surface area contributed by atoms with Crippen molar-refractivity contribution in [2.24, 2.45) is 33.7 Å². The van der Waals surface area contributed by atoms with Gasteiger partial charge >= 0.3 is 0 Å². The predicted octanol–water partition coefficient (Wildman–Crippen LogP) is 3.96. The molecule has 0 amide bonds. The van der Waals surface area contributed by atoms with E-state index in [4.69, 9.17) is 9.57 Å². The number of carbonyl (C=O) groups excluding carboxylic acids is 2. The van der Waals surface area contributed by atoms with Gasteiger partial charge in [-0.1, -0.05) is 48.3 Å². The second kappa shape index (κ2) is 9.52. The van der Waals surface area contributed by atoms with Gasteiger partial charge in [-0.05, 0) is 68.7 Å². The van der Waals surface area contributed by atoms with E-state index in [1.165, 1.54) is 11.1 Å². The molecule has 0 saturated heterocycles. The fourth-order valence-electron chi connectivity index (χ4n) is 7.64. The first-order valence-electron chi connectivity index (χ1n) is 13.3. The third-order valence-corrected chi connectivity index (χ3v) is 9.66. The molecule has 4 aliphatic rings. The van der Waals surface area contributed by atoms with Crippen molar-refractivity contribution in [3.8, 4) is 5.75 Å². The summed E-state index contributed by atoms with van der Waals surface area (Å²) in [4.78, 5) is 31.7. The lowest BCUT2D eigenvalue weighted by Gasteiger charge is -2.56. The average Bonchev–Trinajstić information content (AvgIpc) is 3.15. The second-order valence-electron chi connectivity index (χ2n) is 11.6. The first-order chi connectivity index (χ1) is 17.6. The molecule has 7 nitrogen and oxygen atoms in total. The number of hydrogen-bond donors (Lipinski definition) is 2. The summed E-state index contributed by atoms with van der Waals surface area (Å²) in [5.41, 5.74) is 0.189. The molecule has 7 heteroatoms. The highest BCUT2D eigenvalue weighted by molar-refractivity contribution is 6.06.